The smallest absolute Gasteiger partial charge is 0.191 e. The van der Waals surface area contributed by atoms with E-state index < -0.39 is 0 Å². The number of hydrogen-bond donors (Lipinski definition) is 2. The molecule has 0 bridgehead atoms. The van der Waals surface area contributed by atoms with Gasteiger partial charge in [0, 0.05) is 26.8 Å². The molecule has 0 spiro atoms. The lowest BCUT2D eigenvalue weighted by Gasteiger charge is -2.12. The number of nitrogens with zero attached hydrogens (tertiary/aromatic N) is 3. The number of aliphatic imine (C=N–C) groups is 1. The van der Waals surface area contributed by atoms with Crippen LogP contribution in [0.4, 0.5) is 0 Å². The Morgan fingerprint density at radius 1 is 1.30 bits per heavy atom. The first-order chi connectivity index (χ1) is 11.2. The molecule has 1 aromatic heterocycles. The molecule has 2 aromatic rings. The first-order valence-corrected chi connectivity index (χ1v) is 7.77. The average Bonchev–Trinajstić information content (AvgIpc) is 2.99. The highest BCUT2D eigenvalue weighted by Gasteiger charge is 2.01. The molecule has 6 nitrogen and oxygen atoms in total. The van der Waals surface area contributed by atoms with Gasteiger partial charge >= 0.3 is 0 Å². The molecule has 0 saturated heterocycles. The van der Waals surface area contributed by atoms with Gasteiger partial charge in [-0.2, -0.15) is 5.10 Å². The van der Waals surface area contributed by atoms with Crippen molar-refractivity contribution in [1.82, 2.24) is 20.4 Å². The van der Waals surface area contributed by atoms with Gasteiger partial charge < -0.3 is 15.4 Å². The van der Waals surface area contributed by atoms with E-state index in [1.807, 2.05) is 29.9 Å². The molecule has 0 aliphatic rings. The van der Waals surface area contributed by atoms with Crippen molar-refractivity contribution in [1.29, 1.82) is 0 Å². The van der Waals surface area contributed by atoms with E-state index in [-0.39, 0.29) is 0 Å². The van der Waals surface area contributed by atoms with E-state index in [0.29, 0.717) is 6.54 Å². The Kier molecular flexibility index (Phi) is 6.47. The Hall–Kier alpha value is -2.50. The minimum Gasteiger partial charge on any atom is -0.497 e. The first kappa shape index (κ1) is 16.9. The van der Waals surface area contributed by atoms with E-state index in [1.54, 1.807) is 20.4 Å². The van der Waals surface area contributed by atoms with Crippen LogP contribution in [0.1, 0.15) is 17.7 Å². The highest BCUT2D eigenvalue weighted by Crippen LogP contribution is 2.13. The van der Waals surface area contributed by atoms with Gasteiger partial charge in [0.2, 0.25) is 0 Å². The van der Waals surface area contributed by atoms with Crippen LogP contribution < -0.4 is 15.4 Å². The molecule has 1 heterocycles. The topological polar surface area (TPSA) is 63.5 Å². The fourth-order valence-corrected chi connectivity index (χ4v) is 2.30. The van der Waals surface area contributed by atoms with Crippen LogP contribution in [0.15, 0.2) is 41.5 Å². The monoisotopic (exact) mass is 315 g/mol. The Morgan fingerprint density at radius 2 is 2.17 bits per heavy atom. The van der Waals surface area contributed by atoms with Crippen LogP contribution in [0.25, 0.3) is 0 Å². The van der Waals surface area contributed by atoms with Crippen molar-refractivity contribution in [2.24, 2.45) is 12.0 Å². The summed E-state index contributed by atoms with van der Waals surface area (Å²) < 4.78 is 7.09. The maximum absolute atomic E-state index is 5.24. The number of benzene rings is 1. The summed E-state index contributed by atoms with van der Waals surface area (Å²) in [5.41, 5.74) is 2.40. The lowest BCUT2D eigenvalue weighted by molar-refractivity contribution is 0.414. The first-order valence-electron chi connectivity index (χ1n) is 7.77. The van der Waals surface area contributed by atoms with Crippen molar-refractivity contribution in [2.45, 2.75) is 19.4 Å². The van der Waals surface area contributed by atoms with E-state index in [1.165, 1.54) is 5.56 Å². The fourth-order valence-electron chi connectivity index (χ4n) is 2.30. The zero-order valence-electron chi connectivity index (χ0n) is 14.0. The number of aromatic nitrogens is 2. The molecule has 0 unspecified atom stereocenters. The zero-order valence-corrected chi connectivity index (χ0v) is 14.0. The van der Waals surface area contributed by atoms with Crippen LogP contribution in [0, 0.1) is 0 Å². The number of methoxy groups -OCH3 is 1. The lowest BCUT2D eigenvalue weighted by Crippen LogP contribution is -2.37. The quantitative estimate of drug-likeness (QED) is 0.464. The summed E-state index contributed by atoms with van der Waals surface area (Å²) in [5.74, 6) is 1.71. The average molecular weight is 315 g/mol. The predicted molar refractivity (Wildman–Crippen MR) is 92.7 cm³/mol. The van der Waals surface area contributed by atoms with Gasteiger partial charge in [-0.15, -0.1) is 0 Å². The second kappa shape index (κ2) is 8.82. The SMILES string of the molecule is CN=C(NCCCc1cccc(OC)c1)NCc1ccnn1C. The Bertz CT molecular complexity index is 635. The summed E-state index contributed by atoms with van der Waals surface area (Å²) in [6.45, 7) is 1.56. The molecule has 1 aromatic carbocycles. The van der Waals surface area contributed by atoms with Crippen molar-refractivity contribution in [2.75, 3.05) is 20.7 Å². The van der Waals surface area contributed by atoms with Crippen LogP contribution in [0.2, 0.25) is 0 Å². The molecule has 2 N–H and O–H groups in total. The molecule has 0 fully saturated rings. The highest BCUT2D eigenvalue weighted by molar-refractivity contribution is 5.79. The van der Waals surface area contributed by atoms with Crippen molar-refractivity contribution in [3.8, 4) is 5.75 Å². The summed E-state index contributed by atoms with van der Waals surface area (Å²) >= 11 is 0. The van der Waals surface area contributed by atoms with Crippen molar-refractivity contribution < 1.29 is 4.74 Å². The standard InChI is InChI=1S/C17H25N5O/c1-18-17(20-13-15-9-11-21-22(15)2)19-10-5-7-14-6-4-8-16(12-14)23-3/h4,6,8-9,11-12H,5,7,10,13H2,1-3H3,(H2,18,19,20). The molecule has 124 valence electrons. The second-order valence-corrected chi connectivity index (χ2v) is 5.25. The van der Waals surface area contributed by atoms with E-state index in [9.17, 15) is 0 Å². The summed E-state index contributed by atoms with van der Waals surface area (Å²) in [7, 11) is 5.40. The van der Waals surface area contributed by atoms with E-state index in [4.69, 9.17) is 4.74 Å². The van der Waals surface area contributed by atoms with Crippen LogP contribution in [-0.2, 0) is 20.0 Å². The van der Waals surface area contributed by atoms with Gasteiger partial charge in [0.15, 0.2) is 5.96 Å². The second-order valence-electron chi connectivity index (χ2n) is 5.25. The molecular formula is C17H25N5O. The number of ether oxygens (including phenoxy) is 1. The molecule has 0 atom stereocenters. The molecule has 0 amide bonds. The maximum atomic E-state index is 5.24. The minimum absolute atomic E-state index is 0.700. The number of guanidine groups is 1. The van der Waals surface area contributed by atoms with E-state index >= 15 is 0 Å². The normalized spacial score (nSPS) is 11.3. The van der Waals surface area contributed by atoms with Crippen LogP contribution in [0.3, 0.4) is 0 Å². The Balaban J connectivity index is 1.70. The van der Waals surface area contributed by atoms with E-state index in [0.717, 1.165) is 36.8 Å². The Morgan fingerprint density at radius 3 is 2.87 bits per heavy atom. The van der Waals surface area contributed by atoms with Crippen LogP contribution in [0.5, 0.6) is 5.75 Å². The molecule has 0 radical (unpaired) electrons. The fraction of sp³-hybridized carbons (Fsp3) is 0.412. The van der Waals surface area contributed by atoms with Gasteiger partial charge in [-0.1, -0.05) is 12.1 Å². The van der Waals surface area contributed by atoms with Gasteiger partial charge in [0.1, 0.15) is 5.75 Å². The maximum Gasteiger partial charge on any atom is 0.191 e. The van der Waals surface area contributed by atoms with Crippen molar-refractivity contribution in [3.63, 3.8) is 0 Å². The number of hydrogen-bond acceptors (Lipinski definition) is 3. The third-order valence-corrected chi connectivity index (χ3v) is 3.65. The largest absolute Gasteiger partial charge is 0.497 e. The molecule has 0 saturated carbocycles. The van der Waals surface area contributed by atoms with Gasteiger partial charge in [-0.3, -0.25) is 9.67 Å². The van der Waals surface area contributed by atoms with Gasteiger partial charge in [-0.05, 0) is 36.6 Å². The van der Waals surface area contributed by atoms with Crippen LogP contribution >= 0.6 is 0 Å². The lowest BCUT2D eigenvalue weighted by atomic mass is 10.1. The summed E-state index contributed by atoms with van der Waals surface area (Å²) in [6.07, 6.45) is 3.82. The van der Waals surface area contributed by atoms with Crippen molar-refractivity contribution in [3.05, 3.63) is 47.8 Å². The molecule has 0 aliphatic heterocycles. The highest BCUT2D eigenvalue weighted by atomic mass is 16.5. The molecule has 6 heteroatoms. The summed E-state index contributed by atoms with van der Waals surface area (Å²) in [5, 5.41) is 10.8. The summed E-state index contributed by atoms with van der Waals surface area (Å²) in [6, 6.07) is 10.2. The zero-order chi connectivity index (χ0) is 16.5. The van der Waals surface area contributed by atoms with E-state index in [2.05, 4.69) is 32.9 Å². The Labute approximate surface area is 137 Å². The van der Waals surface area contributed by atoms with Gasteiger partial charge in [-0.25, -0.2) is 0 Å². The summed E-state index contributed by atoms with van der Waals surface area (Å²) in [4.78, 5) is 4.23. The van der Waals surface area contributed by atoms with Crippen LogP contribution in [-0.4, -0.2) is 36.4 Å². The van der Waals surface area contributed by atoms with Gasteiger partial charge in [0.05, 0.1) is 19.3 Å². The number of aryl methyl sites for hydroxylation is 2. The predicted octanol–water partition coefficient (Wildman–Crippen LogP) is 1.73. The van der Waals surface area contributed by atoms with Crippen molar-refractivity contribution >= 4 is 5.96 Å². The molecule has 23 heavy (non-hydrogen) atoms. The third kappa shape index (κ3) is 5.32. The number of nitrogens with one attached hydrogen (secondary N) is 2. The third-order valence-electron chi connectivity index (χ3n) is 3.65. The molecule has 2 rings (SSSR count). The number of rotatable bonds is 7. The molecule has 0 aliphatic carbocycles. The van der Waals surface area contributed by atoms with Gasteiger partial charge in [0.25, 0.3) is 0 Å². The molecular weight excluding hydrogens is 290 g/mol. The minimum atomic E-state index is 0.700.